The van der Waals surface area contributed by atoms with Crippen LogP contribution in [0.2, 0.25) is 0 Å². The smallest absolute Gasteiger partial charge is 0.308 e. The zero-order valence-corrected chi connectivity index (χ0v) is 16.3. The molecule has 1 aliphatic carbocycles. The molecule has 2 unspecified atom stereocenters. The standard InChI is InChI=1S/C21H27N3O4/c1-3-4-8-16(19(25)22-15-11-10-14(15)21(27)28)23-20(26)18-12-13-7-5-6-9-17(13)24(18)2/h5-7,9,12,14-16H,3-4,8,10-11H2,1-2H3,(H,22,25)(H,23,26)(H,27,28)/t14?,15?,16-/m0/s1. The van der Waals surface area contributed by atoms with E-state index in [0.29, 0.717) is 25.0 Å². The Labute approximate surface area is 164 Å². The summed E-state index contributed by atoms with van der Waals surface area (Å²) >= 11 is 0. The van der Waals surface area contributed by atoms with E-state index < -0.39 is 17.9 Å². The van der Waals surface area contributed by atoms with Crippen molar-refractivity contribution < 1.29 is 19.5 Å². The van der Waals surface area contributed by atoms with Crippen molar-refractivity contribution in [3.63, 3.8) is 0 Å². The maximum atomic E-state index is 12.8. The fourth-order valence-electron chi connectivity index (χ4n) is 3.67. The zero-order chi connectivity index (χ0) is 20.3. The molecule has 2 amide bonds. The van der Waals surface area contributed by atoms with Crippen molar-refractivity contribution in [2.45, 2.75) is 51.1 Å². The predicted octanol–water partition coefficient (Wildman–Crippen LogP) is 2.45. The van der Waals surface area contributed by atoms with Crippen LogP contribution in [0.1, 0.15) is 49.5 Å². The first kappa shape index (κ1) is 19.9. The lowest BCUT2D eigenvalue weighted by molar-refractivity contribution is -0.146. The second-order valence-corrected chi connectivity index (χ2v) is 7.45. The normalized spacial score (nSPS) is 19.6. The number of unbranched alkanes of at least 4 members (excludes halogenated alkanes) is 1. The summed E-state index contributed by atoms with van der Waals surface area (Å²) in [7, 11) is 1.82. The van der Waals surface area contributed by atoms with Crippen molar-refractivity contribution in [3.05, 3.63) is 36.0 Å². The highest BCUT2D eigenvalue weighted by Crippen LogP contribution is 2.27. The Kier molecular flexibility index (Phi) is 6.02. The number of carboxylic acids is 1. The van der Waals surface area contributed by atoms with Gasteiger partial charge in [-0.1, -0.05) is 38.0 Å². The van der Waals surface area contributed by atoms with Gasteiger partial charge in [-0.3, -0.25) is 14.4 Å². The van der Waals surface area contributed by atoms with E-state index in [1.54, 1.807) is 0 Å². The minimum Gasteiger partial charge on any atom is -0.481 e. The molecule has 28 heavy (non-hydrogen) atoms. The van der Waals surface area contributed by atoms with E-state index in [-0.39, 0.29) is 17.9 Å². The summed E-state index contributed by atoms with van der Waals surface area (Å²) in [6.07, 6.45) is 3.43. The molecule has 3 rings (SSSR count). The van der Waals surface area contributed by atoms with Gasteiger partial charge in [-0.05, 0) is 31.4 Å². The molecule has 7 heteroatoms. The van der Waals surface area contributed by atoms with Crippen LogP contribution in [0.15, 0.2) is 30.3 Å². The Morgan fingerprint density at radius 2 is 2.00 bits per heavy atom. The van der Waals surface area contributed by atoms with Crippen molar-refractivity contribution in [1.29, 1.82) is 0 Å². The molecule has 1 aromatic carbocycles. The Balaban J connectivity index is 1.72. The topological polar surface area (TPSA) is 100 Å². The lowest BCUT2D eigenvalue weighted by Gasteiger charge is -2.35. The van der Waals surface area contributed by atoms with Gasteiger partial charge in [0.15, 0.2) is 0 Å². The first-order valence-electron chi connectivity index (χ1n) is 9.80. The second-order valence-electron chi connectivity index (χ2n) is 7.45. The van der Waals surface area contributed by atoms with Gasteiger partial charge in [0.05, 0.1) is 5.92 Å². The van der Waals surface area contributed by atoms with Gasteiger partial charge in [0.2, 0.25) is 5.91 Å². The molecular weight excluding hydrogens is 358 g/mol. The van der Waals surface area contributed by atoms with Gasteiger partial charge in [-0.25, -0.2) is 0 Å². The Bertz CT molecular complexity index is 889. The van der Waals surface area contributed by atoms with E-state index in [1.807, 2.05) is 48.9 Å². The third-order valence-corrected chi connectivity index (χ3v) is 5.57. The maximum absolute atomic E-state index is 12.8. The summed E-state index contributed by atoms with van der Waals surface area (Å²) in [5.41, 5.74) is 1.43. The fraction of sp³-hybridized carbons (Fsp3) is 0.476. The molecule has 0 radical (unpaired) electrons. The van der Waals surface area contributed by atoms with Crippen LogP contribution in [0.3, 0.4) is 0 Å². The van der Waals surface area contributed by atoms with Crippen LogP contribution in [0, 0.1) is 5.92 Å². The number of benzene rings is 1. The van der Waals surface area contributed by atoms with E-state index in [4.69, 9.17) is 5.11 Å². The third kappa shape index (κ3) is 4.03. The SMILES string of the molecule is CCCC[C@H](NC(=O)c1cc2ccccc2n1C)C(=O)NC1CCC1C(=O)O. The molecule has 150 valence electrons. The molecule has 0 saturated heterocycles. The van der Waals surface area contributed by atoms with E-state index in [0.717, 1.165) is 23.7 Å². The number of aromatic nitrogens is 1. The molecule has 0 aliphatic heterocycles. The number of hydrogen-bond donors (Lipinski definition) is 3. The molecule has 3 N–H and O–H groups in total. The van der Waals surface area contributed by atoms with Crippen molar-refractivity contribution in [2.75, 3.05) is 0 Å². The molecule has 2 aromatic rings. The quantitative estimate of drug-likeness (QED) is 0.650. The lowest BCUT2D eigenvalue weighted by Crippen LogP contribution is -2.55. The molecule has 1 aliphatic rings. The van der Waals surface area contributed by atoms with E-state index in [1.165, 1.54) is 0 Å². The molecule has 0 spiro atoms. The number of rotatable bonds is 8. The maximum Gasteiger partial charge on any atom is 0.308 e. The number of carbonyl (C=O) groups is 3. The molecule has 3 atom stereocenters. The number of carboxylic acid groups (broad SMARTS) is 1. The van der Waals surface area contributed by atoms with E-state index >= 15 is 0 Å². The molecule has 1 saturated carbocycles. The summed E-state index contributed by atoms with van der Waals surface area (Å²) in [6, 6.07) is 8.49. The van der Waals surface area contributed by atoms with Crippen LogP contribution in [-0.4, -0.2) is 39.5 Å². The number of fused-ring (bicyclic) bond motifs is 1. The summed E-state index contributed by atoms with van der Waals surface area (Å²) in [6.45, 7) is 2.02. The van der Waals surface area contributed by atoms with Gasteiger partial charge in [-0.2, -0.15) is 0 Å². The molecule has 1 fully saturated rings. The number of amides is 2. The molecule has 0 bridgehead atoms. The van der Waals surface area contributed by atoms with Gasteiger partial charge < -0.3 is 20.3 Å². The van der Waals surface area contributed by atoms with Crippen LogP contribution >= 0.6 is 0 Å². The number of para-hydroxylation sites is 1. The highest BCUT2D eigenvalue weighted by molar-refractivity contribution is 6.00. The summed E-state index contributed by atoms with van der Waals surface area (Å²) in [5.74, 6) is -2.04. The van der Waals surface area contributed by atoms with Gasteiger partial charge in [0, 0.05) is 24.0 Å². The first-order chi connectivity index (χ1) is 13.4. The highest BCUT2D eigenvalue weighted by Gasteiger charge is 2.38. The molecule has 1 heterocycles. The summed E-state index contributed by atoms with van der Waals surface area (Å²) < 4.78 is 1.81. The average Bonchev–Trinajstić information content (AvgIpc) is 2.98. The predicted molar refractivity (Wildman–Crippen MR) is 106 cm³/mol. The summed E-state index contributed by atoms with van der Waals surface area (Å²) in [5, 5.41) is 15.8. The van der Waals surface area contributed by atoms with Crippen molar-refractivity contribution >= 4 is 28.7 Å². The largest absolute Gasteiger partial charge is 0.481 e. The number of hydrogen-bond acceptors (Lipinski definition) is 3. The minimum atomic E-state index is -0.888. The minimum absolute atomic E-state index is 0.307. The molecule has 1 aromatic heterocycles. The number of carbonyl (C=O) groups excluding carboxylic acids is 2. The zero-order valence-electron chi connectivity index (χ0n) is 16.3. The van der Waals surface area contributed by atoms with Gasteiger partial charge >= 0.3 is 5.97 Å². The number of nitrogens with one attached hydrogen (secondary N) is 2. The molecule has 7 nitrogen and oxygen atoms in total. The lowest BCUT2D eigenvalue weighted by atomic mass is 9.79. The van der Waals surface area contributed by atoms with Crippen LogP contribution < -0.4 is 10.6 Å². The van der Waals surface area contributed by atoms with Crippen LogP contribution in [-0.2, 0) is 16.6 Å². The van der Waals surface area contributed by atoms with Gasteiger partial charge in [0.25, 0.3) is 5.91 Å². The Morgan fingerprint density at radius 3 is 2.61 bits per heavy atom. The Hall–Kier alpha value is -2.83. The average molecular weight is 385 g/mol. The van der Waals surface area contributed by atoms with Crippen molar-refractivity contribution in [2.24, 2.45) is 13.0 Å². The van der Waals surface area contributed by atoms with Crippen LogP contribution in [0.5, 0.6) is 0 Å². The number of aliphatic carboxylic acids is 1. The summed E-state index contributed by atoms with van der Waals surface area (Å²) in [4.78, 5) is 36.7. The first-order valence-corrected chi connectivity index (χ1v) is 9.80. The van der Waals surface area contributed by atoms with Gasteiger partial charge in [-0.15, -0.1) is 0 Å². The van der Waals surface area contributed by atoms with Crippen LogP contribution in [0.4, 0.5) is 0 Å². The third-order valence-electron chi connectivity index (χ3n) is 5.57. The van der Waals surface area contributed by atoms with E-state index in [2.05, 4.69) is 10.6 Å². The number of aryl methyl sites for hydroxylation is 1. The second kappa shape index (κ2) is 8.46. The van der Waals surface area contributed by atoms with E-state index in [9.17, 15) is 14.4 Å². The monoisotopic (exact) mass is 385 g/mol. The highest BCUT2D eigenvalue weighted by atomic mass is 16.4. The fourth-order valence-corrected chi connectivity index (χ4v) is 3.67. The van der Waals surface area contributed by atoms with Gasteiger partial charge in [0.1, 0.15) is 11.7 Å². The van der Waals surface area contributed by atoms with Crippen molar-refractivity contribution in [1.82, 2.24) is 15.2 Å². The van der Waals surface area contributed by atoms with Crippen LogP contribution in [0.25, 0.3) is 10.9 Å². The Morgan fingerprint density at radius 1 is 1.25 bits per heavy atom. The van der Waals surface area contributed by atoms with Crippen molar-refractivity contribution in [3.8, 4) is 0 Å². The molecular formula is C21H27N3O4. The number of nitrogens with zero attached hydrogens (tertiary/aromatic N) is 1.